The van der Waals surface area contributed by atoms with Crippen LogP contribution in [0.5, 0.6) is 5.75 Å². The molecule has 2 rings (SSSR count). The second kappa shape index (κ2) is 9.75. The fraction of sp³-hybridized carbons (Fsp3) is 0.739. The monoisotopic (exact) mass is 361 g/mol. The maximum Gasteiger partial charge on any atom is 0.119 e. The third-order valence-electron chi connectivity index (χ3n) is 5.48. The van der Waals surface area contributed by atoms with Crippen LogP contribution < -0.4 is 10.1 Å². The fourth-order valence-corrected chi connectivity index (χ4v) is 4.22. The van der Waals surface area contributed by atoms with Crippen molar-refractivity contribution in [2.24, 2.45) is 17.8 Å². The molecule has 2 atom stereocenters. The zero-order valence-corrected chi connectivity index (χ0v) is 17.7. The summed E-state index contributed by atoms with van der Waals surface area (Å²) in [5.41, 5.74) is 1.36. The fourth-order valence-electron chi connectivity index (χ4n) is 4.22. The highest BCUT2D eigenvalue weighted by atomic mass is 16.5. The van der Waals surface area contributed by atoms with Gasteiger partial charge >= 0.3 is 0 Å². The third-order valence-corrected chi connectivity index (χ3v) is 5.48. The van der Waals surface area contributed by atoms with Gasteiger partial charge in [-0.25, -0.2) is 0 Å². The zero-order valence-electron chi connectivity index (χ0n) is 17.7. The van der Waals surface area contributed by atoms with Gasteiger partial charge in [-0.3, -0.25) is 0 Å². The van der Waals surface area contributed by atoms with Gasteiger partial charge in [0.05, 0.1) is 11.7 Å². The summed E-state index contributed by atoms with van der Waals surface area (Å²) in [6, 6.07) is 8.45. The Kier molecular flexibility index (Phi) is 7.97. The molecule has 0 bridgehead atoms. The van der Waals surface area contributed by atoms with Crippen LogP contribution in [0.15, 0.2) is 24.3 Å². The van der Waals surface area contributed by atoms with Crippen LogP contribution in [0.4, 0.5) is 0 Å². The first-order chi connectivity index (χ1) is 12.3. The molecule has 1 aliphatic rings. The van der Waals surface area contributed by atoms with Gasteiger partial charge in [0.15, 0.2) is 0 Å². The molecule has 1 aromatic rings. The van der Waals surface area contributed by atoms with E-state index in [0.717, 1.165) is 43.2 Å². The second-order valence-corrected chi connectivity index (χ2v) is 9.04. The van der Waals surface area contributed by atoms with Gasteiger partial charge < -0.3 is 14.8 Å². The van der Waals surface area contributed by atoms with Crippen molar-refractivity contribution in [1.29, 1.82) is 0 Å². The van der Waals surface area contributed by atoms with E-state index in [2.05, 4.69) is 71.1 Å². The first kappa shape index (κ1) is 21.2. The molecule has 1 saturated heterocycles. The molecular formula is C23H39NO2. The smallest absolute Gasteiger partial charge is 0.119 e. The molecular weight excluding hydrogens is 322 g/mol. The molecule has 3 nitrogen and oxygen atoms in total. The van der Waals surface area contributed by atoms with Crippen molar-refractivity contribution in [1.82, 2.24) is 5.32 Å². The van der Waals surface area contributed by atoms with Crippen molar-refractivity contribution < 1.29 is 9.47 Å². The van der Waals surface area contributed by atoms with Crippen LogP contribution in [0.2, 0.25) is 0 Å². The molecule has 1 aliphatic heterocycles. The Morgan fingerprint density at radius 2 is 1.85 bits per heavy atom. The first-order valence-corrected chi connectivity index (χ1v) is 10.4. The van der Waals surface area contributed by atoms with Gasteiger partial charge in [0.2, 0.25) is 0 Å². The zero-order chi connectivity index (χ0) is 19.2. The minimum atomic E-state index is 0.0449. The third kappa shape index (κ3) is 6.92. The lowest BCUT2D eigenvalue weighted by atomic mass is 9.73. The van der Waals surface area contributed by atoms with E-state index in [1.807, 2.05) is 0 Å². The van der Waals surface area contributed by atoms with Crippen molar-refractivity contribution in [3.05, 3.63) is 29.8 Å². The van der Waals surface area contributed by atoms with Crippen LogP contribution in [0.25, 0.3) is 0 Å². The molecule has 0 aliphatic carbocycles. The minimum Gasteiger partial charge on any atom is -0.491 e. The predicted octanol–water partition coefficient (Wildman–Crippen LogP) is 5.43. The lowest BCUT2D eigenvalue weighted by molar-refractivity contribution is -0.0867. The van der Waals surface area contributed by atoms with Gasteiger partial charge in [0.1, 0.15) is 5.75 Å². The lowest BCUT2D eigenvalue weighted by Crippen LogP contribution is -2.38. The van der Waals surface area contributed by atoms with Crippen LogP contribution in [-0.2, 0) is 11.3 Å². The highest BCUT2D eigenvalue weighted by Gasteiger charge is 2.34. The van der Waals surface area contributed by atoms with Crippen LogP contribution in [0, 0.1) is 17.8 Å². The second-order valence-electron chi connectivity index (χ2n) is 9.04. The summed E-state index contributed by atoms with van der Waals surface area (Å²) in [5.74, 6) is 3.23. The summed E-state index contributed by atoms with van der Waals surface area (Å²) in [7, 11) is 0. The topological polar surface area (TPSA) is 30.5 Å². The molecule has 0 saturated carbocycles. The van der Waals surface area contributed by atoms with Gasteiger partial charge in [-0.05, 0) is 89.0 Å². The normalized spacial score (nSPS) is 21.2. The number of nitrogens with one attached hydrogen (secondary N) is 1. The van der Waals surface area contributed by atoms with Crippen molar-refractivity contribution in [2.75, 3.05) is 13.2 Å². The molecule has 0 spiro atoms. The highest BCUT2D eigenvalue weighted by Crippen LogP contribution is 2.37. The van der Waals surface area contributed by atoms with E-state index in [1.54, 1.807) is 0 Å². The highest BCUT2D eigenvalue weighted by molar-refractivity contribution is 5.27. The summed E-state index contributed by atoms with van der Waals surface area (Å²) in [6.45, 7) is 16.3. The minimum absolute atomic E-state index is 0.0449. The van der Waals surface area contributed by atoms with E-state index < -0.39 is 0 Å². The quantitative estimate of drug-likeness (QED) is 0.595. The van der Waals surface area contributed by atoms with Gasteiger partial charge in [0, 0.05) is 13.2 Å². The summed E-state index contributed by atoms with van der Waals surface area (Å²) in [6.07, 6.45) is 3.87. The van der Waals surface area contributed by atoms with E-state index in [4.69, 9.17) is 9.47 Å². The Morgan fingerprint density at radius 1 is 1.15 bits per heavy atom. The van der Waals surface area contributed by atoms with Gasteiger partial charge in [-0.1, -0.05) is 26.0 Å². The van der Waals surface area contributed by atoms with E-state index in [1.165, 1.54) is 24.8 Å². The Labute approximate surface area is 160 Å². The van der Waals surface area contributed by atoms with Crippen LogP contribution in [-0.4, -0.2) is 24.9 Å². The number of hydrogen-bond acceptors (Lipinski definition) is 3. The summed E-state index contributed by atoms with van der Waals surface area (Å²) < 4.78 is 11.6. The number of ether oxygens (including phenoxy) is 2. The van der Waals surface area contributed by atoms with Crippen LogP contribution in [0.3, 0.4) is 0 Å². The van der Waals surface area contributed by atoms with Gasteiger partial charge in [-0.2, -0.15) is 0 Å². The standard InChI is InChI=1S/C23H39NO2/c1-17(2)22(20-12-14-25-23(5,6)15-20)11-13-24-16-19-7-9-21(10-8-19)26-18(3)4/h7-10,17-18,20,22,24H,11-16H2,1-6H3/t20-,22+/m0/s1. The Balaban J connectivity index is 1.77. The lowest BCUT2D eigenvalue weighted by Gasteiger charge is -2.40. The summed E-state index contributed by atoms with van der Waals surface area (Å²) in [5, 5.41) is 3.64. The Morgan fingerprint density at radius 3 is 2.42 bits per heavy atom. The average Bonchev–Trinajstić information content (AvgIpc) is 2.54. The molecule has 26 heavy (non-hydrogen) atoms. The van der Waals surface area contributed by atoms with E-state index in [0.29, 0.717) is 0 Å². The molecule has 0 aromatic heterocycles. The van der Waals surface area contributed by atoms with Crippen molar-refractivity contribution >= 4 is 0 Å². The molecule has 1 fully saturated rings. The van der Waals surface area contributed by atoms with Crippen molar-refractivity contribution in [3.8, 4) is 5.75 Å². The Bertz CT molecular complexity index is 522. The molecule has 0 amide bonds. The molecule has 1 heterocycles. The van der Waals surface area contributed by atoms with E-state index >= 15 is 0 Å². The van der Waals surface area contributed by atoms with E-state index in [9.17, 15) is 0 Å². The first-order valence-electron chi connectivity index (χ1n) is 10.4. The molecule has 148 valence electrons. The van der Waals surface area contributed by atoms with E-state index in [-0.39, 0.29) is 11.7 Å². The molecule has 0 radical (unpaired) electrons. The average molecular weight is 362 g/mol. The molecule has 1 N–H and O–H groups in total. The Hall–Kier alpha value is -1.06. The molecule has 1 aromatic carbocycles. The van der Waals surface area contributed by atoms with Crippen LogP contribution in [0.1, 0.15) is 66.4 Å². The molecule has 0 unspecified atom stereocenters. The van der Waals surface area contributed by atoms with Crippen molar-refractivity contribution in [3.63, 3.8) is 0 Å². The van der Waals surface area contributed by atoms with Crippen LogP contribution >= 0.6 is 0 Å². The van der Waals surface area contributed by atoms with Crippen molar-refractivity contribution in [2.45, 2.75) is 79.1 Å². The summed E-state index contributed by atoms with van der Waals surface area (Å²) in [4.78, 5) is 0. The number of rotatable bonds is 9. The summed E-state index contributed by atoms with van der Waals surface area (Å²) >= 11 is 0. The predicted molar refractivity (Wildman–Crippen MR) is 110 cm³/mol. The number of benzene rings is 1. The maximum absolute atomic E-state index is 5.92. The largest absolute Gasteiger partial charge is 0.491 e. The molecule has 3 heteroatoms. The number of hydrogen-bond donors (Lipinski definition) is 1. The van der Waals surface area contributed by atoms with Gasteiger partial charge in [-0.15, -0.1) is 0 Å². The maximum atomic E-state index is 5.92. The SMILES string of the molecule is CC(C)Oc1ccc(CNCC[C@H](C(C)C)[C@H]2CCOC(C)(C)C2)cc1. The van der Waals surface area contributed by atoms with Gasteiger partial charge in [0.25, 0.3) is 0 Å².